The average Bonchev–Trinajstić information content (AvgIpc) is 2.16. The molecule has 0 aromatic heterocycles. The maximum Gasteiger partial charge on any atom is 0.110 e. The number of rotatable bonds is 4. The summed E-state index contributed by atoms with van der Waals surface area (Å²) in [5, 5.41) is 9.99. The molecule has 2 nitrogen and oxygen atoms in total. The summed E-state index contributed by atoms with van der Waals surface area (Å²) in [4.78, 5) is 0. The number of aliphatic hydroxyl groups is 1. The van der Waals surface area contributed by atoms with Crippen LogP contribution in [0.2, 0.25) is 0 Å². The lowest BCUT2D eigenvalue weighted by Gasteiger charge is -2.23. The Morgan fingerprint density at radius 3 is 2.46 bits per heavy atom. The Morgan fingerprint density at radius 1 is 1.31 bits per heavy atom. The largest absolute Gasteiger partial charge is 0.383 e. The molecule has 1 atom stereocenters. The maximum atomic E-state index is 9.99. The molecule has 1 aromatic rings. The highest BCUT2D eigenvalue weighted by molar-refractivity contribution is 5.21. The van der Waals surface area contributed by atoms with E-state index in [2.05, 4.69) is 0 Å². The molecule has 0 amide bonds. The molecule has 0 saturated heterocycles. The normalized spacial score (nSPS) is 15.3. The van der Waals surface area contributed by atoms with Gasteiger partial charge in [-0.25, -0.2) is 0 Å². The van der Waals surface area contributed by atoms with Gasteiger partial charge < -0.3 is 9.84 Å². The first-order chi connectivity index (χ1) is 6.17. The van der Waals surface area contributed by atoms with Crippen molar-refractivity contribution in [2.45, 2.75) is 19.4 Å². The van der Waals surface area contributed by atoms with Crippen LogP contribution in [0.5, 0.6) is 0 Å². The number of benzene rings is 1. The van der Waals surface area contributed by atoms with Gasteiger partial charge in [0.2, 0.25) is 0 Å². The van der Waals surface area contributed by atoms with Crippen LogP contribution in [-0.4, -0.2) is 18.3 Å². The fraction of sp³-hybridized carbons (Fsp3) is 0.455. The van der Waals surface area contributed by atoms with Crippen LogP contribution < -0.4 is 0 Å². The van der Waals surface area contributed by atoms with E-state index >= 15 is 0 Å². The summed E-state index contributed by atoms with van der Waals surface area (Å²) in [7, 11) is 0. The smallest absolute Gasteiger partial charge is 0.110 e. The van der Waals surface area contributed by atoms with Crippen LogP contribution in [0.15, 0.2) is 30.3 Å². The van der Waals surface area contributed by atoms with Gasteiger partial charge in [-0.2, -0.15) is 0 Å². The van der Waals surface area contributed by atoms with Gasteiger partial charge in [0.15, 0.2) is 0 Å². The van der Waals surface area contributed by atoms with Crippen molar-refractivity contribution in [1.82, 2.24) is 0 Å². The van der Waals surface area contributed by atoms with E-state index in [-0.39, 0.29) is 0 Å². The molecule has 0 bridgehead atoms. The van der Waals surface area contributed by atoms with Crippen LogP contribution in [0, 0.1) is 0 Å². The van der Waals surface area contributed by atoms with E-state index in [9.17, 15) is 5.11 Å². The molecule has 0 saturated carbocycles. The molecule has 1 rings (SSSR count). The topological polar surface area (TPSA) is 29.5 Å². The lowest BCUT2D eigenvalue weighted by Crippen LogP contribution is -2.27. The van der Waals surface area contributed by atoms with Crippen LogP contribution in [0.3, 0.4) is 0 Å². The Bertz CT molecular complexity index is 242. The zero-order chi connectivity index (χ0) is 9.73. The standard InChI is InChI=1S/C11H16O2/c1-3-13-9-11(2,12)10-7-5-4-6-8-10/h4-8,12H,3,9H2,1-2H3. The molecule has 0 aliphatic carbocycles. The van der Waals surface area contributed by atoms with Crippen molar-refractivity contribution in [3.05, 3.63) is 35.9 Å². The third-order valence-corrected chi connectivity index (χ3v) is 1.98. The van der Waals surface area contributed by atoms with Gasteiger partial charge in [0, 0.05) is 6.61 Å². The Balaban J connectivity index is 2.69. The van der Waals surface area contributed by atoms with Gasteiger partial charge in [0.25, 0.3) is 0 Å². The molecule has 0 heterocycles. The van der Waals surface area contributed by atoms with E-state index in [4.69, 9.17) is 4.74 Å². The Morgan fingerprint density at radius 2 is 1.92 bits per heavy atom. The molecule has 1 unspecified atom stereocenters. The lowest BCUT2D eigenvalue weighted by atomic mass is 9.97. The fourth-order valence-corrected chi connectivity index (χ4v) is 1.18. The van der Waals surface area contributed by atoms with Crippen molar-refractivity contribution in [1.29, 1.82) is 0 Å². The van der Waals surface area contributed by atoms with Gasteiger partial charge in [-0.3, -0.25) is 0 Å². The second-order valence-corrected chi connectivity index (χ2v) is 3.28. The third-order valence-electron chi connectivity index (χ3n) is 1.98. The van der Waals surface area contributed by atoms with Gasteiger partial charge in [-0.1, -0.05) is 30.3 Å². The van der Waals surface area contributed by atoms with E-state index < -0.39 is 5.60 Å². The summed E-state index contributed by atoms with van der Waals surface area (Å²) >= 11 is 0. The van der Waals surface area contributed by atoms with E-state index in [1.54, 1.807) is 6.92 Å². The molecule has 2 heteroatoms. The van der Waals surface area contributed by atoms with Crippen molar-refractivity contribution in [2.24, 2.45) is 0 Å². The number of ether oxygens (including phenoxy) is 1. The molecule has 72 valence electrons. The third kappa shape index (κ3) is 2.83. The van der Waals surface area contributed by atoms with Crippen LogP contribution in [0.1, 0.15) is 19.4 Å². The molecular weight excluding hydrogens is 164 g/mol. The predicted octanol–water partition coefficient (Wildman–Crippen LogP) is 1.93. The molecule has 0 spiro atoms. The first kappa shape index (κ1) is 10.2. The van der Waals surface area contributed by atoms with Gasteiger partial charge in [-0.15, -0.1) is 0 Å². The monoisotopic (exact) mass is 180 g/mol. The van der Waals surface area contributed by atoms with E-state index in [0.717, 1.165) is 5.56 Å². The van der Waals surface area contributed by atoms with Gasteiger partial charge >= 0.3 is 0 Å². The van der Waals surface area contributed by atoms with Crippen LogP contribution in [0.4, 0.5) is 0 Å². The van der Waals surface area contributed by atoms with Crippen molar-refractivity contribution >= 4 is 0 Å². The highest BCUT2D eigenvalue weighted by atomic mass is 16.5. The second-order valence-electron chi connectivity index (χ2n) is 3.28. The summed E-state index contributed by atoms with van der Waals surface area (Å²) in [6, 6.07) is 9.56. The average molecular weight is 180 g/mol. The predicted molar refractivity (Wildman–Crippen MR) is 52.5 cm³/mol. The Hall–Kier alpha value is -0.860. The van der Waals surface area contributed by atoms with E-state index in [1.165, 1.54) is 0 Å². The molecule has 1 aromatic carbocycles. The van der Waals surface area contributed by atoms with Crippen LogP contribution in [0.25, 0.3) is 0 Å². The van der Waals surface area contributed by atoms with Gasteiger partial charge in [0.05, 0.1) is 6.61 Å². The zero-order valence-corrected chi connectivity index (χ0v) is 8.16. The summed E-state index contributed by atoms with van der Waals surface area (Å²) in [5.74, 6) is 0. The quantitative estimate of drug-likeness (QED) is 0.767. The van der Waals surface area contributed by atoms with Crippen molar-refractivity contribution in [3.63, 3.8) is 0 Å². The van der Waals surface area contributed by atoms with Gasteiger partial charge in [0.1, 0.15) is 5.60 Å². The first-order valence-corrected chi connectivity index (χ1v) is 4.52. The number of hydrogen-bond donors (Lipinski definition) is 1. The lowest BCUT2D eigenvalue weighted by molar-refractivity contribution is -0.0343. The minimum absolute atomic E-state index is 0.341. The van der Waals surface area contributed by atoms with E-state index in [1.807, 2.05) is 37.3 Å². The molecule has 1 N–H and O–H groups in total. The van der Waals surface area contributed by atoms with Crippen molar-refractivity contribution < 1.29 is 9.84 Å². The fourth-order valence-electron chi connectivity index (χ4n) is 1.18. The summed E-state index contributed by atoms with van der Waals surface area (Å²) in [6.45, 7) is 4.65. The minimum atomic E-state index is -0.878. The van der Waals surface area contributed by atoms with Crippen LogP contribution >= 0.6 is 0 Å². The number of hydrogen-bond acceptors (Lipinski definition) is 2. The molecule has 0 fully saturated rings. The molecule has 0 aliphatic heterocycles. The zero-order valence-electron chi connectivity index (χ0n) is 8.16. The molecule has 0 radical (unpaired) electrons. The van der Waals surface area contributed by atoms with Gasteiger partial charge in [-0.05, 0) is 19.4 Å². The summed E-state index contributed by atoms with van der Waals surface area (Å²) < 4.78 is 5.20. The highest BCUT2D eigenvalue weighted by Crippen LogP contribution is 2.19. The molecule has 13 heavy (non-hydrogen) atoms. The minimum Gasteiger partial charge on any atom is -0.383 e. The molecule has 0 aliphatic rings. The molecular formula is C11H16O2. The van der Waals surface area contributed by atoms with Crippen molar-refractivity contribution in [3.8, 4) is 0 Å². The Kier molecular flexibility index (Phi) is 3.46. The SMILES string of the molecule is CCOCC(C)(O)c1ccccc1. The summed E-state index contributed by atoms with van der Waals surface area (Å²) in [5.41, 5.74) is 0.0144. The van der Waals surface area contributed by atoms with E-state index in [0.29, 0.717) is 13.2 Å². The second kappa shape index (κ2) is 4.40. The maximum absolute atomic E-state index is 9.99. The first-order valence-electron chi connectivity index (χ1n) is 4.52. The summed E-state index contributed by atoms with van der Waals surface area (Å²) in [6.07, 6.45) is 0. The van der Waals surface area contributed by atoms with Crippen molar-refractivity contribution in [2.75, 3.05) is 13.2 Å². The Labute approximate surface area is 79.2 Å². The highest BCUT2D eigenvalue weighted by Gasteiger charge is 2.22. The van der Waals surface area contributed by atoms with Crippen LogP contribution in [-0.2, 0) is 10.3 Å².